The molecule has 0 radical (unpaired) electrons. The summed E-state index contributed by atoms with van der Waals surface area (Å²) in [6, 6.07) is 11.9. The Labute approximate surface area is 155 Å². The predicted octanol–water partition coefficient (Wildman–Crippen LogP) is 3.44. The number of aryl methyl sites for hydroxylation is 1. The number of thiocarbonyl (C=S) groups is 1. The third-order valence-electron chi connectivity index (χ3n) is 3.45. The van der Waals surface area contributed by atoms with Gasteiger partial charge in [0.25, 0.3) is 5.69 Å². The van der Waals surface area contributed by atoms with Gasteiger partial charge < -0.3 is 10.1 Å². The van der Waals surface area contributed by atoms with Crippen molar-refractivity contribution in [3.05, 3.63) is 69.8 Å². The molecule has 0 aliphatic carbocycles. The average Bonchev–Trinajstić information content (AvgIpc) is 2.61. The summed E-state index contributed by atoms with van der Waals surface area (Å²) in [6.07, 6.45) is 2.93. The zero-order chi connectivity index (χ0) is 19.1. The Kier molecular flexibility index (Phi) is 6.40. The fourth-order valence-electron chi connectivity index (χ4n) is 2.17. The van der Waals surface area contributed by atoms with E-state index in [4.69, 9.17) is 17.0 Å². The van der Waals surface area contributed by atoms with Crippen molar-refractivity contribution in [3.63, 3.8) is 0 Å². The number of nitro benzene ring substituents is 1. The number of para-hydroxylation sites is 1. The molecule has 26 heavy (non-hydrogen) atoms. The topological polar surface area (TPSA) is 93.5 Å². The van der Waals surface area contributed by atoms with Crippen LogP contribution < -0.4 is 15.4 Å². The summed E-state index contributed by atoms with van der Waals surface area (Å²) in [6.45, 7) is 1.64. The number of hydrogen-bond acceptors (Lipinski definition) is 5. The second-order valence-corrected chi connectivity index (χ2v) is 5.69. The number of benzene rings is 2. The van der Waals surface area contributed by atoms with Crippen LogP contribution in [0.3, 0.4) is 0 Å². The van der Waals surface area contributed by atoms with Gasteiger partial charge in [-0.2, -0.15) is 0 Å². The van der Waals surface area contributed by atoms with Crippen molar-refractivity contribution >= 4 is 40.7 Å². The van der Waals surface area contributed by atoms with Gasteiger partial charge in [0.2, 0.25) is 5.91 Å². The van der Waals surface area contributed by atoms with Gasteiger partial charge in [-0.3, -0.25) is 20.2 Å². The van der Waals surface area contributed by atoms with E-state index >= 15 is 0 Å². The lowest BCUT2D eigenvalue weighted by molar-refractivity contribution is -0.385. The van der Waals surface area contributed by atoms with Gasteiger partial charge in [-0.15, -0.1) is 0 Å². The Bertz CT molecular complexity index is 880. The zero-order valence-corrected chi connectivity index (χ0v) is 15.0. The number of ether oxygens (including phenoxy) is 1. The Hall–Kier alpha value is -3.26. The van der Waals surface area contributed by atoms with E-state index in [2.05, 4.69) is 10.6 Å². The molecule has 0 saturated heterocycles. The molecule has 0 spiro atoms. The van der Waals surface area contributed by atoms with Crippen LogP contribution in [0.2, 0.25) is 0 Å². The molecule has 2 N–H and O–H groups in total. The highest BCUT2D eigenvalue weighted by Gasteiger charge is 2.12. The minimum Gasteiger partial charge on any atom is -0.496 e. The molecule has 0 heterocycles. The molecule has 0 saturated carbocycles. The lowest BCUT2D eigenvalue weighted by atomic mass is 10.2. The van der Waals surface area contributed by atoms with E-state index in [1.54, 1.807) is 38.3 Å². The summed E-state index contributed by atoms with van der Waals surface area (Å²) in [5.41, 5.74) is 1.68. The number of hydrogen-bond donors (Lipinski definition) is 2. The molecule has 0 aliphatic heterocycles. The number of methoxy groups -OCH3 is 1. The number of anilines is 1. The Balaban J connectivity index is 1.99. The van der Waals surface area contributed by atoms with Crippen molar-refractivity contribution < 1.29 is 14.5 Å². The Morgan fingerprint density at radius 1 is 1.27 bits per heavy atom. The van der Waals surface area contributed by atoms with E-state index in [0.717, 1.165) is 5.56 Å². The maximum Gasteiger partial charge on any atom is 0.274 e. The van der Waals surface area contributed by atoms with Gasteiger partial charge in [0.15, 0.2) is 5.11 Å². The number of nitro groups is 1. The van der Waals surface area contributed by atoms with Gasteiger partial charge in [-0.25, -0.2) is 0 Å². The SMILES string of the molecule is COc1ccccc1C=CC(=O)NC(=S)Nc1ccc(C)c([N+](=O)[O-])c1. The van der Waals surface area contributed by atoms with Crippen molar-refractivity contribution in [3.8, 4) is 5.75 Å². The van der Waals surface area contributed by atoms with E-state index in [1.165, 1.54) is 12.1 Å². The van der Waals surface area contributed by atoms with E-state index in [1.807, 2.05) is 18.2 Å². The standard InChI is InChI=1S/C18H17N3O4S/c1-12-7-9-14(11-15(12)21(23)24)19-18(26)20-17(22)10-8-13-5-3-4-6-16(13)25-2/h3-11H,1-2H3,(H2,19,20,22,26). The van der Waals surface area contributed by atoms with Crippen molar-refractivity contribution in [2.24, 2.45) is 0 Å². The van der Waals surface area contributed by atoms with Gasteiger partial charge in [0, 0.05) is 29.0 Å². The first-order valence-corrected chi connectivity index (χ1v) is 7.99. The zero-order valence-electron chi connectivity index (χ0n) is 14.2. The quantitative estimate of drug-likeness (QED) is 0.362. The number of rotatable bonds is 5. The first kappa shape index (κ1) is 19.1. The van der Waals surface area contributed by atoms with E-state index in [0.29, 0.717) is 17.0 Å². The summed E-state index contributed by atoms with van der Waals surface area (Å²) in [5.74, 6) is 0.208. The number of nitrogens with zero attached hydrogens (tertiary/aromatic N) is 1. The molecule has 7 nitrogen and oxygen atoms in total. The molecule has 0 atom stereocenters. The van der Waals surface area contributed by atoms with Crippen molar-refractivity contribution in [2.45, 2.75) is 6.92 Å². The van der Waals surface area contributed by atoms with Gasteiger partial charge in [-0.05, 0) is 37.4 Å². The molecule has 0 bridgehead atoms. The largest absolute Gasteiger partial charge is 0.496 e. The normalized spacial score (nSPS) is 10.4. The number of amides is 1. The Morgan fingerprint density at radius 3 is 2.69 bits per heavy atom. The third kappa shape index (κ3) is 5.12. The highest BCUT2D eigenvalue weighted by molar-refractivity contribution is 7.80. The average molecular weight is 371 g/mol. The van der Waals surface area contributed by atoms with E-state index in [-0.39, 0.29) is 10.8 Å². The molecule has 134 valence electrons. The van der Waals surface area contributed by atoms with Crippen molar-refractivity contribution in [1.82, 2.24) is 5.32 Å². The molecule has 0 aromatic heterocycles. The maximum atomic E-state index is 12.0. The number of nitrogens with one attached hydrogen (secondary N) is 2. The first-order chi connectivity index (χ1) is 12.4. The molecule has 2 rings (SSSR count). The smallest absolute Gasteiger partial charge is 0.274 e. The number of carbonyl (C=O) groups is 1. The molecule has 1 amide bonds. The van der Waals surface area contributed by atoms with E-state index < -0.39 is 10.8 Å². The van der Waals surface area contributed by atoms with Crippen LogP contribution in [0.15, 0.2) is 48.5 Å². The van der Waals surface area contributed by atoms with Crippen molar-refractivity contribution in [2.75, 3.05) is 12.4 Å². The fourth-order valence-corrected chi connectivity index (χ4v) is 2.39. The second-order valence-electron chi connectivity index (χ2n) is 5.28. The molecule has 8 heteroatoms. The maximum absolute atomic E-state index is 12.0. The molecule has 0 aliphatic rings. The van der Waals surface area contributed by atoms with Crippen LogP contribution in [-0.2, 0) is 4.79 Å². The van der Waals surface area contributed by atoms with Crippen LogP contribution in [0.25, 0.3) is 6.08 Å². The van der Waals surface area contributed by atoms with Gasteiger partial charge >= 0.3 is 0 Å². The molecule has 2 aromatic rings. The van der Waals surface area contributed by atoms with Gasteiger partial charge in [-0.1, -0.05) is 24.3 Å². The highest BCUT2D eigenvalue weighted by atomic mass is 32.1. The van der Waals surface area contributed by atoms with Crippen LogP contribution in [-0.4, -0.2) is 23.1 Å². The minimum atomic E-state index is -0.474. The third-order valence-corrected chi connectivity index (χ3v) is 3.66. The fraction of sp³-hybridized carbons (Fsp3) is 0.111. The molecule has 2 aromatic carbocycles. The molecular weight excluding hydrogens is 354 g/mol. The summed E-state index contributed by atoms with van der Waals surface area (Å²) < 4.78 is 5.20. The van der Waals surface area contributed by atoms with Gasteiger partial charge in [0.05, 0.1) is 12.0 Å². The molecule has 0 fully saturated rings. The van der Waals surface area contributed by atoms with E-state index in [9.17, 15) is 14.9 Å². The summed E-state index contributed by atoms with van der Waals surface area (Å²) >= 11 is 5.06. The van der Waals surface area contributed by atoms with Crippen LogP contribution in [0.1, 0.15) is 11.1 Å². The minimum absolute atomic E-state index is 0.0276. The predicted molar refractivity (Wildman–Crippen MR) is 104 cm³/mol. The van der Waals surface area contributed by atoms with Gasteiger partial charge in [0.1, 0.15) is 5.75 Å². The lowest BCUT2D eigenvalue weighted by Gasteiger charge is -2.09. The lowest BCUT2D eigenvalue weighted by Crippen LogP contribution is -2.32. The summed E-state index contributed by atoms with van der Waals surface area (Å²) in [7, 11) is 1.55. The monoisotopic (exact) mass is 371 g/mol. The second kappa shape index (κ2) is 8.72. The first-order valence-electron chi connectivity index (χ1n) is 7.59. The molecule has 0 unspecified atom stereocenters. The Morgan fingerprint density at radius 2 is 2.00 bits per heavy atom. The van der Waals surface area contributed by atoms with Crippen LogP contribution >= 0.6 is 12.2 Å². The van der Waals surface area contributed by atoms with Crippen LogP contribution in [0.4, 0.5) is 11.4 Å². The number of carbonyl (C=O) groups excluding carboxylic acids is 1. The van der Waals surface area contributed by atoms with Crippen LogP contribution in [0.5, 0.6) is 5.75 Å². The highest BCUT2D eigenvalue weighted by Crippen LogP contribution is 2.22. The summed E-state index contributed by atoms with van der Waals surface area (Å²) in [5, 5.41) is 16.2. The molecular formula is C18H17N3O4S. The van der Waals surface area contributed by atoms with Crippen LogP contribution in [0, 0.1) is 17.0 Å². The summed E-state index contributed by atoms with van der Waals surface area (Å²) in [4.78, 5) is 22.5. The van der Waals surface area contributed by atoms with Crippen molar-refractivity contribution in [1.29, 1.82) is 0 Å².